The van der Waals surface area contributed by atoms with E-state index < -0.39 is 5.41 Å². The standard InChI is InChI=1S/C13H21NO/c1-10-5-7-13(9-14,8-6-10)12(15)11-3-2-4-11/h10-12,15H,2-8H2,1H3. The number of nitriles is 1. The molecule has 1 atom stereocenters. The largest absolute Gasteiger partial charge is 0.391 e. The van der Waals surface area contributed by atoms with Crippen molar-refractivity contribution in [1.82, 2.24) is 0 Å². The number of aliphatic hydroxyl groups excluding tert-OH is 1. The summed E-state index contributed by atoms with van der Waals surface area (Å²) < 4.78 is 0. The topological polar surface area (TPSA) is 44.0 Å². The van der Waals surface area contributed by atoms with Crippen LogP contribution in [0.5, 0.6) is 0 Å². The summed E-state index contributed by atoms with van der Waals surface area (Å²) in [4.78, 5) is 0. The van der Waals surface area contributed by atoms with Gasteiger partial charge in [0.2, 0.25) is 0 Å². The lowest BCUT2D eigenvalue weighted by molar-refractivity contribution is -0.0386. The van der Waals surface area contributed by atoms with Gasteiger partial charge >= 0.3 is 0 Å². The number of rotatable bonds is 2. The summed E-state index contributed by atoms with van der Waals surface area (Å²) in [5.74, 6) is 1.15. The van der Waals surface area contributed by atoms with Gasteiger partial charge < -0.3 is 5.11 Å². The maximum Gasteiger partial charge on any atom is 0.0835 e. The van der Waals surface area contributed by atoms with Crippen LogP contribution in [0.15, 0.2) is 0 Å². The van der Waals surface area contributed by atoms with Gasteiger partial charge in [-0.1, -0.05) is 13.3 Å². The molecular weight excluding hydrogens is 186 g/mol. The van der Waals surface area contributed by atoms with Gasteiger partial charge in [-0.2, -0.15) is 5.26 Å². The highest BCUT2D eigenvalue weighted by atomic mass is 16.3. The highest BCUT2D eigenvalue weighted by molar-refractivity contribution is 5.08. The van der Waals surface area contributed by atoms with Crippen LogP contribution in [0.2, 0.25) is 0 Å². The summed E-state index contributed by atoms with van der Waals surface area (Å²) in [7, 11) is 0. The predicted octanol–water partition coefficient (Wildman–Crippen LogP) is 2.87. The van der Waals surface area contributed by atoms with Crippen molar-refractivity contribution in [2.75, 3.05) is 0 Å². The summed E-state index contributed by atoms with van der Waals surface area (Å²) in [5, 5.41) is 19.7. The summed E-state index contributed by atoms with van der Waals surface area (Å²) >= 11 is 0. The van der Waals surface area contributed by atoms with Crippen LogP contribution in [-0.2, 0) is 0 Å². The Morgan fingerprint density at radius 1 is 1.27 bits per heavy atom. The van der Waals surface area contributed by atoms with Crippen LogP contribution in [0.1, 0.15) is 51.9 Å². The SMILES string of the molecule is CC1CCC(C#N)(C(O)C2CCC2)CC1. The molecule has 2 aliphatic rings. The Bertz CT molecular complexity index is 256. The first-order chi connectivity index (χ1) is 7.18. The molecule has 0 spiro atoms. The molecule has 2 heteroatoms. The van der Waals surface area contributed by atoms with Crippen LogP contribution in [0.4, 0.5) is 0 Å². The molecule has 1 unspecified atom stereocenters. The van der Waals surface area contributed by atoms with E-state index in [1.807, 2.05) is 0 Å². The minimum absolute atomic E-state index is 0.358. The van der Waals surface area contributed by atoms with Crippen LogP contribution in [-0.4, -0.2) is 11.2 Å². The number of nitrogens with zero attached hydrogens (tertiary/aromatic N) is 1. The van der Waals surface area contributed by atoms with Crippen molar-refractivity contribution in [3.05, 3.63) is 0 Å². The number of hydrogen-bond donors (Lipinski definition) is 1. The Kier molecular flexibility index (Phi) is 3.02. The third-order valence-electron chi connectivity index (χ3n) is 4.55. The average Bonchev–Trinajstić information content (AvgIpc) is 2.17. The molecule has 0 heterocycles. The average molecular weight is 207 g/mol. The first-order valence-corrected chi connectivity index (χ1v) is 6.27. The second kappa shape index (κ2) is 4.14. The lowest BCUT2D eigenvalue weighted by Crippen LogP contribution is -2.44. The number of hydrogen-bond acceptors (Lipinski definition) is 2. The lowest BCUT2D eigenvalue weighted by Gasteiger charge is -2.43. The first kappa shape index (κ1) is 11.0. The fourth-order valence-electron chi connectivity index (χ4n) is 2.96. The monoisotopic (exact) mass is 207 g/mol. The van der Waals surface area contributed by atoms with Crippen LogP contribution in [0.25, 0.3) is 0 Å². The summed E-state index contributed by atoms with van der Waals surface area (Å²) in [6.07, 6.45) is 7.16. The molecule has 2 nitrogen and oxygen atoms in total. The van der Waals surface area contributed by atoms with Crippen molar-refractivity contribution >= 4 is 0 Å². The van der Waals surface area contributed by atoms with E-state index in [0.717, 1.165) is 44.4 Å². The summed E-state index contributed by atoms with van der Waals surface area (Å²) in [6.45, 7) is 2.25. The van der Waals surface area contributed by atoms with E-state index in [2.05, 4.69) is 13.0 Å². The lowest BCUT2D eigenvalue weighted by atomic mass is 9.62. The van der Waals surface area contributed by atoms with Crippen molar-refractivity contribution < 1.29 is 5.11 Å². The van der Waals surface area contributed by atoms with E-state index in [0.29, 0.717) is 5.92 Å². The molecule has 0 aliphatic heterocycles. The van der Waals surface area contributed by atoms with Crippen LogP contribution < -0.4 is 0 Å². The van der Waals surface area contributed by atoms with E-state index in [-0.39, 0.29) is 6.10 Å². The van der Waals surface area contributed by atoms with E-state index in [4.69, 9.17) is 0 Å². The molecule has 0 saturated heterocycles. The molecule has 0 amide bonds. The van der Waals surface area contributed by atoms with E-state index in [1.54, 1.807) is 0 Å². The van der Waals surface area contributed by atoms with Crippen molar-refractivity contribution in [2.24, 2.45) is 17.3 Å². The zero-order valence-electron chi connectivity index (χ0n) is 9.58. The van der Waals surface area contributed by atoms with Gasteiger partial charge in [0, 0.05) is 0 Å². The second-order valence-corrected chi connectivity index (χ2v) is 5.59. The van der Waals surface area contributed by atoms with Crippen LogP contribution in [0.3, 0.4) is 0 Å². The number of aliphatic hydroxyl groups is 1. The molecule has 0 bridgehead atoms. The summed E-state index contributed by atoms with van der Waals surface area (Å²) in [5.41, 5.74) is -0.405. The fourth-order valence-corrected chi connectivity index (χ4v) is 2.96. The van der Waals surface area contributed by atoms with Gasteiger partial charge in [0.05, 0.1) is 17.6 Å². The molecule has 2 fully saturated rings. The molecule has 2 rings (SSSR count). The quantitative estimate of drug-likeness (QED) is 0.756. The minimum Gasteiger partial charge on any atom is -0.391 e. The van der Waals surface area contributed by atoms with Crippen LogP contribution in [0, 0.1) is 28.6 Å². The Morgan fingerprint density at radius 2 is 1.87 bits per heavy atom. The van der Waals surface area contributed by atoms with Gasteiger partial charge in [0.25, 0.3) is 0 Å². The summed E-state index contributed by atoms with van der Waals surface area (Å²) in [6, 6.07) is 2.44. The van der Waals surface area contributed by atoms with Gasteiger partial charge in [-0.25, -0.2) is 0 Å². The van der Waals surface area contributed by atoms with Crippen molar-refractivity contribution in [1.29, 1.82) is 5.26 Å². The van der Waals surface area contributed by atoms with E-state index in [1.165, 1.54) is 6.42 Å². The van der Waals surface area contributed by atoms with Gasteiger partial charge in [-0.05, 0) is 50.4 Å². The Morgan fingerprint density at radius 3 is 2.27 bits per heavy atom. The van der Waals surface area contributed by atoms with Gasteiger partial charge in [0.15, 0.2) is 0 Å². The first-order valence-electron chi connectivity index (χ1n) is 6.27. The Balaban J connectivity index is 2.04. The minimum atomic E-state index is -0.405. The molecular formula is C13H21NO. The maximum atomic E-state index is 10.3. The molecule has 0 aromatic heterocycles. The molecule has 0 aromatic carbocycles. The Labute approximate surface area is 92.3 Å². The van der Waals surface area contributed by atoms with Crippen LogP contribution >= 0.6 is 0 Å². The molecule has 2 aliphatic carbocycles. The Hall–Kier alpha value is -0.550. The molecule has 0 aromatic rings. The molecule has 0 radical (unpaired) electrons. The zero-order chi connectivity index (χ0) is 10.9. The van der Waals surface area contributed by atoms with Gasteiger partial charge in [0.1, 0.15) is 0 Å². The van der Waals surface area contributed by atoms with Gasteiger partial charge in [-0.3, -0.25) is 0 Å². The van der Waals surface area contributed by atoms with Crippen molar-refractivity contribution in [2.45, 2.75) is 58.0 Å². The van der Waals surface area contributed by atoms with Crippen molar-refractivity contribution in [3.63, 3.8) is 0 Å². The highest BCUT2D eigenvalue weighted by Gasteiger charge is 2.45. The molecule has 1 N–H and O–H groups in total. The maximum absolute atomic E-state index is 10.3. The molecule has 84 valence electrons. The van der Waals surface area contributed by atoms with E-state index in [9.17, 15) is 10.4 Å². The molecule has 2 saturated carbocycles. The normalized spacial score (nSPS) is 39.1. The van der Waals surface area contributed by atoms with E-state index >= 15 is 0 Å². The predicted molar refractivity (Wildman–Crippen MR) is 59.0 cm³/mol. The third kappa shape index (κ3) is 1.90. The fraction of sp³-hybridized carbons (Fsp3) is 0.923. The second-order valence-electron chi connectivity index (χ2n) is 5.59. The molecule has 15 heavy (non-hydrogen) atoms. The smallest absolute Gasteiger partial charge is 0.0835 e. The van der Waals surface area contributed by atoms with Gasteiger partial charge in [-0.15, -0.1) is 0 Å². The van der Waals surface area contributed by atoms with Crippen molar-refractivity contribution in [3.8, 4) is 6.07 Å². The highest BCUT2D eigenvalue weighted by Crippen LogP contribution is 2.46. The third-order valence-corrected chi connectivity index (χ3v) is 4.55. The zero-order valence-corrected chi connectivity index (χ0v) is 9.58.